The molecule has 0 bridgehead atoms. The van der Waals surface area contributed by atoms with Gasteiger partial charge in [-0.05, 0) is 53.4 Å². The Morgan fingerprint density at radius 1 is 1.30 bits per heavy atom. The molecule has 2 aromatic rings. The third-order valence-corrected chi connectivity index (χ3v) is 4.21. The van der Waals surface area contributed by atoms with Crippen molar-refractivity contribution in [1.82, 2.24) is 4.98 Å². The number of hydrogen-bond acceptors (Lipinski definition) is 4. The Morgan fingerprint density at radius 3 is 2.87 bits per heavy atom. The van der Waals surface area contributed by atoms with Crippen molar-refractivity contribution in [1.29, 1.82) is 5.41 Å². The molecule has 4 nitrogen and oxygen atoms in total. The summed E-state index contributed by atoms with van der Waals surface area (Å²) in [6.45, 7) is 0.724. The number of aromatic nitrogens is 1. The number of rotatable bonds is 4. The molecule has 0 aliphatic carbocycles. The number of nitrogens with one attached hydrogen (secondary N) is 2. The van der Waals surface area contributed by atoms with Crippen LogP contribution in [0.5, 0.6) is 0 Å². The highest BCUT2D eigenvalue weighted by molar-refractivity contribution is 9.10. The Bertz CT molecular complexity index is 717. The Kier molecular flexibility index (Phi) is 5.03. The maximum Gasteiger partial charge on any atom is 0.132 e. The van der Waals surface area contributed by atoms with Gasteiger partial charge in [-0.15, -0.1) is 0 Å². The van der Waals surface area contributed by atoms with Crippen LogP contribution < -0.4 is 5.32 Å². The Hall–Kier alpha value is -1.79. The highest BCUT2D eigenvalue weighted by Gasteiger charge is 2.19. The number of anilines is 1. The second-order valence-electron chi connectivity index (χ2n) is 5.41. The summed E-state index contributed by atoms with van der Waals surface area (Å²) in [7, 11) is 0. The highest BCUT2D eigenvalue weighted by Crippen LogP contribution is 2.25. The minimum atomic E-state index is -0.412. The summed E-state index contributed by atoms with van der Waals surface area (Å²) in [4.78, 5) is 4.21. The first kappa shape index (κ1) is 16.1. The van der Waals surface area contributed by atoms with Gasteiger partial charge in [-0.1, -0.05) is 12.1 Å². The third kappa shape index (κ3) is 3.76. The minimum absolute atomic E-state index is 0.0982. The zero-order valence-corrected chi connectivity index (χ0v) is 14.1. The van der Waals surface area contributed by atoms with Crippen LogP contribution in [0.15, 0.2) is 41.1 Å². The van der Waals surface area contributed by atoms with E-state index in [1.807, 2.05) is 0 Å². The molecule has 1 saturated heterocycles. The lowest BCUT2D eigenvalue weighted by molar-refractivity contribution is 0.0343. The fourth-order valence-electron chi connectivity index (χ4n) is 2.59. The van der Waals surface area contributed by atoms with Gasteiger partial charge in [-0.3, -0.25) is 5.41 Å². The van der Waals surface area contributed by atoms with Gasteiger partial charge >= 0.3 is 0 Å². The molecule has 120 valence electrons. The molecule has 0 saturated carbocycles. The van der Waals surface area contributed by atoms with Crippen LogP contribution in [-0.2, 0) is 4.74 Å². The van der Waals surface area contributed by atoms with Gasteiger partial charge in [0.2, 0.25) is 0 Å². The zero-order chi connectivity index (χ0) is 16.2. The standard InChI is InChI=1S/C17H17BrFN3O/c18-15-9-12(17(20)11-5-1-2-6-13(11)19)14(10-21-15)22-16-7-3-4-8-23-16/h1-2,5-6,9-10,16,20,22H,3-4,7-8H2. The lowest BCUT2D eigenvalue weighted by Crippen LogP contribution is -2.28. The summed E-state index contributed by atoms with van der Waals surface area (Å²) in [5.41, 5.74) is 1.64. The van der Waals surface area contributed by atoms with E-state index in [4.69, 9.17) is 10.1 Å². The molecular weight excluding hydrogens is 361 g/mol. The van der Waals surface area contributed by atoms with E-state index < -0.39 is 5.82 Å². The van der Waals surface area contributed by atoms with E-state index in [1.165, 1.54) is 6.07 Å². The molecule has 1 aromatic heterocycles. The quantitative estimate of drug-likeness (QED) is 0.615. The van der Waals surface area contributed by atoms with Crippen molar-refractivity contribution < 1.29 is 9.13 Å². The second kappa shape index (κ2) is 7.19. The average Bonchev–Trinajstić information content (AvgIpc) is 2.57. The normalized spacial score (nSPS) is 17.7. The topological polar surface area (TPSA) is 58.0 Å². The molecule has 23 heavy (non-hydrogen) atoms. The number of halogens is 2. The molecule has 0 amide bonds. The van der Waals surface area contributed by atoms with E-state index >= 15 is 0 Å². The van der Waals surface area contributed by atoms with Crippen LogP contribution >= 0.6 is 15.9 Å². The molecule has 1 aromatic carbocycles. The van der Waals surface area contributed by atoms with E-state index in [0.717, 1.165) is 25.9 Å². The van der Waals surface area contributed by atoms with Gasteiger partial charge in [-0.25, -0.2) is 9.37 Å². The van der Waals surface area contributed by atoms with Crippen molar-refractivity contribution in [2.75, 3.05) is 11.9 Å². The first-order valence-electron chi connectivity index (χ1n) is 7.52. The van der Waals surface area contributed by atoms with Crippen molar-refractivity contribution >= 4 is 27.3 Å². The molecule has 3 rings (SSSR count). The summed E-state index contributed by atoms with van der Waals surface area (Å²) in [5, 5.41) is 11.7. The molecule has 0 radical (unpaired) electrons. The van der Waals surface area contributed by atoms with Gasteiger partial charge in [0, 0.05) is 17.7 Å². The predicted molar refractivity (Wildman–Crippen MR) is 91.5 cm³/mol. The number of ether oxygens (including phenoxy) is 1. The predicted octanol–water partition coefficient (Wildman–Crippen LogP) is 4.34. The van der Waals surface area contributed by atoms with E-state index in [9.17, 15) is 4.39 Å². The second-order valence-corrected chi connectivity index (χ2v) is 6.22. The SMILES string of the molecule is N=C(c1ccccc1F)c1cc(Br)ncc1NC1CCCCO1. The largest absolute Gasteiger partial charge is 0.359 e. The fraction of sp³-hybridized carbons (Fsp3) is 0.294. The number of benzene rings is 1. The summed E-state index contributed by atoms with van der Waals surface area (Å²) < 4.78 is 20.3. The van der Waals surface area contributed by atoms with Crippen molar-refractivity contribution in [2.45, 2.75) is 25.5 Å². The van der Waals surface area contributed by atoms with Crippen molar-refractivity contribution in [2.24, 2.45) is 0 Å². The summed E-state index contributed by atoms with van der Waals surface area (Å²) >= 11 is 3.32. The van der Waals surface area contributed by atoms with Crippen molar-refractivity contribution in [3.8, 4) is 0 Å². The molecule has 1 aliphatic rings. The van der Waals surface area contributed by atoms with Crippen molar-refractivity contribution in [3.63, 3.8) is 0 Å². The maximum atomic E-state index is 14.0. The van der Waals surface area contributed by atoms with Crippen LogP contribution in [-0.4, -0.2) is 23.5 Å². The van der Waals surface area contributed by atoms with E-state index in [1.54, 1.807) is 30.5 Å². The van der Waals surface area contributed by atoms with E-state index in [0.29, 0.717) is 15.9 Å². The molecule has 0 spiro atoms. The van der Waals surface area contributed by atoms with Crippen LogP contribution in [0, 0.1) is 11.2 Å². The number of pyridine rings is 1. The van der Waals surface area contributed by atoms with Crippen molar-refractivity contribution in [3.05, 3.63) is 58.1 Å². The molecule has 1 unspecified atom stereocenters. The fourth-order valence-corrected chi connectivity index (χ4v) is 2.92. The Balaban J connectivity index is 1.92. The minimum Gasteiger partial charge on any atom is -0.359 e. The summed E-state index contributed by atoms with van der Waals surface area (Å²) in [5.74, 6) is -0.412. The average molecular weight is 378 g/mol. The molecule has 6 heteroatoms. The lowest BCUT2D eigenvalue weighted by atomic mass is 10.0. The van der Waals surface area contributed by atoms with Gasteiger partial charge < -0.3 is 10.1 Å². The third-order valence-electron chi connectivity index (χ3n) is 3.78. The first-order chi connectivity index (χ1) is 11.1. The van der Waals surface area contributed by atoms with Crippen LogP contribution in [0.3, 0.4) is 0 Å². The lowest BCUT2D eigenvalue weighted by Gasteiger charge is -2.25. The van der Waals surface area contributed by atoms with Gasteiger partial charge in [0.1, 0.15) is 16.6 Å². The molecule has 1 aliphatic heterocycles. The maximum absolute atomic E-state index is 14.0. The van der Waals surface area contributed by atoms with Crippen LogP contribution in [0.1, 0.15) is 30.4 Å². The first-order valence-corrected chi connectivity index (χ1v) is 8.32. The zero-order valence-electron chi connectivity index (χ0n) is 12.5. The molecule has 1 atom stereocenters. The van der Waals surface area contributed by atoms with Crippen LogP contribution in [0.4, 0.5) is 10.1 Å². The summed E-state index contributed by atoms with van der Waals surface area (Å²) in [6.07, 6.45) is 4.62. The van der Waals surface area contributed by atoms with Gasteiger partial charge in [-0.2, -0.15) is 0 Å². The molecule has 2 N–H and O–H groups in total. The van der Waals surface area contributed by atoms with E-state index in [-0.39, 0.29) is 17.5 Å². The van der Waals surface area contributed by atoms with E-state index in [2.05, 4.69) is 26.2 Å². The molecular formula is C17H17BrFN3O. The highest BCUT2D eigenvalue weighted by atomic mass is 79.9. The Morgan fingerprint density at radius 2 is 2.13 bits per heavy atom. The van der Waals surface area contributed by atoms with Crippen LogP contribution in [0.2, 0.25) is 0 Å². The smallest absolute Gasteiger partial charge is 0.132 e. The molecule has 2 heterocycles. The van der Waals surface area contributed by atoms with Gasteiger partial charge in [0.15, 0.2) is 0 Å². The molecule has 1 fully saturated rings. The van der Waals surface area contributed by atoms with Gasteiger partial charge in [0.25, 0.3) is 0 Å². The van der Waals surface area contributed by atoms with Gasteiger partial charge in [0.05, 0.1) is 17.6 Å². The van der Waals surface area contributed by atoms with Crippen LogP contribution in [0.25, 0.3) is 0 Å². The summed E-state index contributed by atoms with van der Waals surface area (Å²) in [6, 6.07) is 8.02. The number of hydrogen-bond donors (Lipinski definition) is 2. The Labute approximate surface area is 142 Å². The monoisotopic (exact) mass is 377 g/mol. The number of nitrogens with zero attached hydrogens (tertiary/aromatic N) is 1.